The molecule has 0 spiro atoms. The van der Waals surface area contributed by atoms with Crippen molar-refractivity contribution in [1.29, 1.82) is 0 Å². The average molecular weight is 338 g/mol. The fourth-order valence-corrected chi connectivity index (χ4v) is 3.80. The van der Waals surface area contributed by atoms with Gasteiger partial charge in [0, 0.05) is 18.1 Å². The fraction of sp³-hybridized carbons (Fsp3) is 0.500. The van der Waals surface area contributed by atoms with Crippen LogP contribution < -0.4 is 0 Å². The standard InChI is InChI=1S/C16H20ClN3OS/c1-10-5-7-20(8-6-10)15(21)11(2)22-16-18-13-4-3-12(17)9-14(13)19-16/h3-4,9-11H,5-8H2,1-2H3,(H,18,19). The maximum Gasteiger partial charge on any atom is 0.235 e. The number of carbonyl (C=O) groups excluding carboxylic acids is 1. The third-order valence-electron chi connectivity index (χ3n) is 4.15. The van der Waals surface area contributed by atoms with Crippen LogP contribution in [0.2, 0.25) is 5.02 Å². The number of benzene rings is 1. The van der Waals surface area contributed by atoms with Crippen LogP contribution in [-0.2, 0) is 4.79 Å². The highest BCUT2D eigenvalue weighted by Gasteiger charge is 2.25. The number of carbonyl (C=O) groups is 1. The zero-order chi connectivity index (χ0) is 15.7. The first-order valence-electron chi connectivity index (χ1n) is 7.63. The number of likely N-dealkylation sites (tertiary alicyclic amines) is 1. The minimum absolute atomic E-state index is 0.135. The highest BCUT2D eigenvalue weighted by atomic mass is 35.5. The van der Waals surface area contributed by atoms with Gasteiger partial charge in [0.15, 0.2) is 5.16 Å². The fourth-order valence-electron chi connectivity index (χ4n) is 2.72. The molecule has 0 radical (unpaired) electrons. The van der Waals surface area contributed by atoms with E-state index in [1.54, 1.807) is 0 Å². The molecule has 2 aromatic rings. The molecule has 118 valence electrons. The predicted molar refractivity (Wildman–Crippen MR) is 91.4 cm³/mol. The molecule has 1 aliphatic rings. The molecule has 1 aromatic carbocycles. The lowest BCUT2D eigenvalue weighted by Gasteiger charge is -2.31. The second kappa shape index (κ2) is 6.50. The molecule has 22 heavy (non-hydrogen) atoms. The van der Waals surface area contributed by atoms with Crippen LogP contribution in [0.4, 0.5) is 0 Å². The number of nitrogens with zero attached hydrogens (tertiary/aromatic N) is 2. The summed E-state index contributed by atoms with van der Waals surface area (Å²) in [5, 5.41) is 1.31. The molecule has 1 saturated heterocycles. The number of H-pyrrole nitrogens is 1. The van der Waals surface area contributed by atoms with Gasteiger partial charge in [-0.1, -0.05) is 30.3 Å². The van der Waals surface area contributed by atoms with Crippen molar-refractivity contribution in [3.05, 3.63) is 23.2 Å². The van der Waals surface area contributed by atoms with Gasteiger partial charge in [0.2, 0.25) is 5.91 Å². The summed E-state index contributed by atoms with van der Waals surface area (Å²) < 4.78 is 0. The molecular formula is C16H20ClN3OS. The first kappa shape index (κ1) is 15.7. The summed E-state index contributed by atoms with van der Waals surface area (Å²) in [5.74, 6) is 0.933. The Morgan fingerprint density at radius 2 is 2.18 bits per heavy atom. The van der Waals surface area contributed by atoms with E-state index < -0.39 is 0 Å². The van der Waals surface area contributed by atoms with Gasteiger partial charge in [-0.25, -0.2) is 4.98 Å². The maximum absolute atomic E-state index is 12.5. The molecule has 1 aromatic heterocycles. The molecular weight excluding hydrogens is 318 g/mol. The van der Waals surface area contributed by atoms with Gasteiger partial charge in [0.05, 0.1) is 16.3 Å². The third-order valence-corrected chi connectivity index (χ3v) is 5.36. The van der Waals surface area contributed by atoms with Crippen molar-refractivity contribution in [3.63, 3.8) is 0 Å². The summed E-state index contributed by atoms with van der Waals surface area (Å²) in [6.45, 7) is 5.95. The minimum Gasteiger partial charge on any atom is -0.342 e. The Balaban J connectivity index is 1.67. The van der Waals surface area contributed by atoms with Crippen LogP contribution in [-0.4, -0.2) is 39.1 Å². The molecule has 1 fully saturated rings. The molecule has 1 aliphatic heterocycles. The van der Waals surface area contributed by atoms with Crippen LogP contribution in [0, 0.1) is 5.92 Å². The normalized spacial score (nSPS) is 17.9. The number of amides is 1. The number of rotatable bonds is 3. The summed E-state index contributed by atoms with van der Waals surface area (Å²) in [7, 11) is 0. The summed E-state index contributed by atoms with van der Waals surface area (Å²) in [5.41, 5.74) is 1.78. The summed E-state index contributed by atoms with van der Waals surface area (Å²) in [6, 6.07) is 5.56. The first-order valence-corrected chi connectivity index (χ1v) is 8.89. The van der Waals surface area contributed by atoms with E-state index in [0.29, 0.717) is 5.02 Å². The lowest BCUT2D eigenvalue weighted by Crippen LogP contribution is -2.41. The lowest BCUT2D eigenvalue weighted by molar-refractivity contribution is -0.131. The van der Waals surface area contributed by atoms with Crippen molar-refractivity contribution >= 4 is 40.3 Å². The van der Waals surface area contributed by atoms with Gasteiger partial charge in [-0.3, -0.25) is 4.79 Å². The van der Waals surface area contributed by atoms with Gasteiger partial charge in [0.1, 0.15) is 0 Å². The number of fused-ring (bicyclic) bond motifs is 1. The average Bonchev–Trinajstić information content (AvgIpc) is 2.88. The van der Waals surface area contributed by atoms with Crippen molar-refractivity contribution in [2.45, 2.75) is 37.1 Å². The van der Waals surface area contributed by atoms with Crippen LogP contribution >= 0.6 is 23.4 Å². The van der Waals surface area contributed by atoms with E-state index in [4.69, 9.17) is 11.6 Å². The van der Waals surface area contributed by atoms with Crippen LogP contribution in [0.5, 0.6) is 0 Å². The summed E-state index contributed by atoms with van der Waals surface area (Å²) >= 11 is 7.46. The van der Waals surface area contributed by atoms with Gasteiger partial charge in [-0.15, -0.1) is 0 Å². The molecule has 0 aliphatic carbocycles. The van der Waals surface area contributed by atoms with Gasteiger partial charge < -0.3 is 9.88 Å². The van der Waals surface area contributed by atoms with E-state index in [0.717, 1.165) is 48.0 Å². The largest absolute Gasteiger partial charge is 0.342 e. The Morgan fingerprint density at radius 3 is 2.91 bits per heavy atom. The number of hydrogen-bond donors (Lipinski definition) is 1. The second-order valence-electron chi connectivity index (χ2n) is 5.97. The maximum atomic E-state index is 12.5. The molecule has 4 nitrogen and oxygen atoms in total. The minimum atomic E-state index is -0.135. The molecule has 3 rings (SSSR count). The van der Waals surface area contributed by atoms with Crippen molar-refractivity contribution in [3.8, 4) is 0 Å². The quantitative estimate of drug-likeness (QED) is 0.862. The van der Waals surface area contributed by atoms with Gasteiger partial charge >= 0.3 is 0 Å². The Kier molecular flexibility index (Phi) is 4.64. The zero-order valence-corrected chi connectivity index (χ0v) is 14.4. The zero-order valence-electron chi connectivity index (χ0n) is 12.8. The number of thioether (sulfide) groups is 1. The van der Waals surface area contributed by atoms with Crippen molar-refractivity contribution < 1.29 is 4.79 Å². The lowest BCUT2D eigenvalue weighted by atomic mass is 9.99. The second-order valence-corrected chi connectivity index (χ2v) is 7.74. The van der Waals surface area contributed by atoms with Crippen molar-refractivity contribution in [2.24, 2.45) is 5.92 Å². The smallest absolute Gasteiger partial charge is 0.235 e. The SMILES string of the molecule is CC1CCN(C(=O)C(C)Sc2nc3ccc(Cl)cc3[nH]2)CC1. The predicted octanol–water partition coefficient (Wildman–Crippen LogP) is 3.96. The number of aromatic amines is 1. The molecule has 6 heteroatoms. The number of halogens is 1. The summed E-state index contributed by atoms with van der Waals surface area (Å²) in [6.07, 6.45) is 2.21. The highest BCUT2D eigenvalue weighted by molar-refractivity contribution is 8.00. The van der Waals surface area contributed by atoms with E-state index >= 15 is 0 Å². The van der Waals surface area contributed by atoms with E-state index in [9.17, 15) is 4.79 Å². The Bertz CT molecular complexity index is 679. The van der Waals surface area contributed by atoms with Crippen LogP contribution in [0.25, 0.3) is 11.0 Å². The number of hydrogen-bond acceptors (Lipinski definition) is 3. The van der Waals surface area contributed by atoms with Crippen LogP contribution in [0.1, 0.15) is 26.7 Å². The Hall–Kier alpha value is -1.20. The molecule has 0 bridgehead atoms. The van der Waals surface area contributed by atoms with E-state index in [2.05, 4.69) is 16.9 Å². The van der Waals surface area contributed by atoms with Crippen molar-refractivity contribution in [1.82, 2.24) is 14.9 Å². The van der Waals surface area contributed by atoms with Crippen LogP contribution in [0.15, 0.2) is 23.4 Å². The monoisotopic (exact) mass is 337 g/mol. The molecule has 2 heterocycles. The molecule has 1 N–H and O–H groups in total. The van der Waals surface area contributed by atoms with E-state index in [-0.39, 0.29) is 11.2 Å². The Labute approximate surface area is 139 Å². The van der Waals surface area contributed by atoms with E-state index in [1.807, 2.05) is 30.0 Å². The topological polar surface area (TPSA) is 49.0 Å². The molecule has 1 unspecified atom stereocenters. The van der Waals surface area contributed by atoms with Gasteiger partial charge in [-0.05, 0) is 43.9 Å². The number of nitrogens with one attached hydrogen (secondary N) is 1. The first-order chi connectivity index (χ1) is 10.5. The van der Waals surface area contributed by atoms with Crippen molar-refractivity contribution in [2.75, 3.05) is 13.1 Å². The third kappa shape index (κ3) is 3.41. The molecule has 1 amide bonds. The Morgan fingerprint density at radius 1 is 1.45 bits per heavy atom. The number of piperidine rings is 1. The number of imidazole rings is 1. The molecule has 1 atom stereocenters. The van der Waals surface area contributed by atoms with Gasteiger partial charge in [-0.2, -0.15) is 0 Å². The number of aromatic nitrogens is 2. The van der Waals surface area contributed by atoms with E-state index in [1.165, 1.54) is 11.8 Å². The molecule has 0 saturated carbocycles. The van der Waals surface area contributed by atoms with Crippen LogP contribution in [0.3, 0.4) is 0 Å². The summed E-state index contributed by atoms with van der Waals surface area (Å²) in [4.78, 5) is 22.2. The highest BCUT2D eigenvalue weighted by Crippen LogP contribution is 2.27. The van der Waals surface area contributed by atoms with Gasteiger partial charge in [0.25, 0.3) is 0 Å².